The van der Waals surface area contributed by atoms with Crippen LogP contribution in [0, 0.1) is 5.82 Å². The molecule has 0 amide bonds. The molecule has 0 bridgehead atoms. The van der Waals surface area contributed by atoms with E-state index in [1.165, 1.54) is 6.07 Å². The zero-order valence-corrected chi connectivity index (χ0v) is 20.1. The first kappa shape index (κ1) is 25.0. The lowest BCUT2D eigenvalue weighted by Crippen LogP contribution is -2.36. The van der Waals surface area contributed by atoms with Crippen LogP contribution in [0.5, 0.6) is 5.75 Å². The minimum Gasteiger partial charge on any atom is -0.534 e. The Morgan fingerprint density at radius 2 is 1.57 bits per heavy atom. The molecule has 0 radical (unpaired) electrons. The normalized spacial score (nSPS) is 15.6. The van der Waals surface area contributed by atoms with Crippen molar-refractivity contribution in [1.82, 2.24) is 0 Å². The van der Waals surface area contributed by atoms with E-state index in [4.69, 9.17) is 23.5 Å². The summed E-state index contributed by atoms with van der Waals surface area (Å²) in [5.41, 5.74) is 1.76. The number of hydrogen-bond donors (Lipinski definition) is 0. The van der Waals surface area contributed by atoms with Crippen molar-refractivity contribution in [3.05, 3.63) is 108 Å². The fraction of sp³-hybridized carbons (Fsp3) is 0.286. The summed E-state index contributed by atoms with van der Waals surface area (Å²) in [4.78, 5) is 0. The molecule has 1 aliphatic heterocycles. The second-order valence-corrected chi connectivity index (χ2v) is 8.91. The van der Waals surface area contributed by atoms with Crippen molar-refractivity contribution in [1.29, 1.82) is 0 Å². The lowest BCUT2D eigenvalue weighted by molar-refractivity contribution is -0.0489. The van der Waals surface area contributed by atoms with Crippen LogP contribution in [0.3, 0.4) is 0 Å². The Morgan fingerprint density at radius 1 is 0.914 bits per heavy atom. The van der Waals surface area contributed by atoms with Gasteiger partial charge in [0.05, 0.1) is 25.6 Å². The van der Waals surface area contributed by atoms with E-state index in [9.17, 15) is 4.39 Å². The monoisotopic (exact) mass is 476 g/mol. The van der Waals surface area contributed by atoms with E-state index in [0.29, 0.717) is 36.8 Å². The van der Waals surface area contributed by atoms with Crippen molar-refractivity contribution in [3.63, 3.8) is 0 Å². The fourth-order valence-electron chi connectivity index (χ4n) is 3.55. The van der Waals surface area contributed by atoms with E-state index in [-0.39, 0.29) is 12.7 Å². The maximum Gasteiger partial charge on any atom is 0.566 e. The van der Waals surface area contributed by atoms with E-state index in [1.54, 1.807) is 12.1 Å². The van der Waals surface area contributed by atoms with Gasteiger partial charge in [0.2, 0.25) is 0 Å². The van der Waals surface area contributed by atoms with Crippen molar-refractivity contribution in [3.8, 4) is 5.75 Å². The maximum atomic E-state index is 14.8. The van der Waals surface area contributed by atoms with Crippen LogP contribution in [0.1, 0.15) is 25.0 Å². The molecule has 1 atom stereocenters. The van der Waals surface area contributed by atoms with E-state index >= 15 is 0 Å². The highest BCUT2D eigenvalue weighted by atomic mass is 19.1. The molecule has 5 nitrogen and oxygen atoms in total. The predicted molar refractivity (Wildman–Crippen MR) is 134 cm³/mol. The van der Waals surface area contributed by atoms with Gasteiger partial charge in [0.25, 0.3) is 0 Å². The SMILES string of the molecule is C=C1OB(c2ccc(OC[C@@H](COCc3ccccc3)OCc3ccccc3)cc2F)OC1(C)C. The molecule has 182 valence electrons. The number of ether oxygens (including phenoxy) is 3. The molecule has 7 heteroatoms. The molecule has 0 aliphatic carbocycles. The van der Waals surface area contributed by atoms with Crippen molar-refractivity contribution in [2.24, 2.45) is 0 Å². The molecule has 0 spiro atoms. The summed E-state index contributed by atoms with van der Waals surface area (Å²) in [6.07, 6.45) is -0.340. The maximum absolute atomic E-state index is 14.8. The minimum atomic E-state index is -0.833. The number of halogens is 1. The van der Waals surface area contributed by atoms with Gasteiger partial charge in [-0.05, 0) is 31.0 Å². The predicted octanol–water partition coefficient (Wildman–Crippen LogP) is 5.04. The summed E-state index contributed by atoms with van der Waals surface area (Å²) in [6, 6.07) is 24.5. The average molecular weight is 476 g/mol. The zero-order valence-electron chi connectivity index (χ0n) is 20.1. The van der Waals surface area contributed by atoms with Gasteiger partial charge in [0.15, 0.2) is 0 Å². The van der Waals surface area contributed by atoms with Gasteiger partial charge in [-0.3, -0.25) is 0 Å². The first-order valence-corrected chi connectivity index (χ1v) is 11.6. The summed E-state index contributed by atoms with van der Waals surface area (Å²) in [6.45, 7) is 8.95. The van der Waals surface area contributed by atoms with Crippen LogP contribution in [0.4, 0.5) is 4.39 Å². The van der Waals surface area contributed by atoms with Crippen LogP contribution in [-0.2, 0) is 32.0 Å². The van der Waals surface area contributed by atoms with Crippen LogP contribution in [0.2, 0.25) is 0 Å². The lowest BCUT2D eigenvalue weighted by atomic mass is 9.79. The van der Waals surface area contributed by atoms with Crippen LogP contribution in [0.25, 0.3) is 0 Å². The Kier molecular flexibility index (Phi) is 8.23. The Morgan fingerprint density at radius 3 is 2.17 bits per heavy atom. The van der Waals surface area contributed by atoms with Gasteiger partial charge in [-0.2, -0.15) is 0 Å². The molecule has 4 rings (SSSR count). The van der Waals surface area contributed by atoms with Gasteiger partial charge < -0.3 is 23.5 Å². The Balaban J connectivity index is 1.35. The van der Waals surface area contributed by atoms with Gasteiger partial charge in [0.1, 0.15) is 29.9 Å². The highest BCUT2D eigenvalue weighted by Gasteiger charge is 2.44. The second kappa shape index (κ2) is 11.5. The molecule has 0 unspecified atom stereocenters. The summed E-state index contributed by atoms with van der Waals surface area (Å²) >= 11 is 0. The summed E-state index contributed by atoms with van der Waals surface area (Å²) < 4.78 is 44.0. The third kappa shape index (κ3) is 6.95. The van der Waals surface area contributed by atoms with Gasteiger partial charge in [-0.15, -0.1) is 0 Å². The molecule has 3 aromatic carbocycles. The molecule has 0 aromatic heterocycles. The first-order chi connectivity index (χ1) is 16.9. The van der Waals surface area contributed by atoms with Crippen molar-refractivity contribution in [2.45, 2.75) is 38.8 Å². The largest absolute Gasteiger partial charge is 0.566 e. The standard InChI is InChI=1S/C28H30BFO5/c1-21-28(2,3)35-29(34-21)26-15-14-24(16-27(26)30)33-20-25(32-18-23-12-8-5-9-13-23)19-31-17-22-10-6-4-7-11-22/h4-16,25H,1,17-20H2,2-3H3/t25-/m1/s1. The Hall–Kier alpha value is -3.13. The van der Waals surface area contributed by atoms with Gasteiger partial charge in [-0.1, -0.05) is 73.3 Å². The molecular weight excluding hydrogens is 446 g/mol. The molecule has 1 saturated heterocycles. The van der Waals surface area contributed by atoms with Crippen LogP contribution >= 0.6 is 0 Å². The average Bonchev–Trinajstić information content (AvgIpc) is 3.13. The van der Waals surface area contributed by atoms with Gasteiger partial charge in [0, 0.05) is 11.5 Å². The van der Waals surface area contributed by atoms with Crippen LogP contribution in [-0.4, -0.2) is 32.0 Å². The first-order valence-electron chi connectivity index (χ1n) is 11.6. The topological polar surface area (TPSA) is 46.2 Å². The number of benzene rings is 3. The lowest BCUT2D eigenvalue weighted by Gasteiger charge is -2.19. The number of rotatable bonds is 11. The second-order valence-electron chi connectivity index (χ2n) is 8.91. The third-order valence-electron chi connectivity index (χ3n) is 5.73. The smallest absolute Gasteiger partial charge is 0.534 e. The third-order valence-corrected chi connectivity index (χ3v) is 5.73. The van der Waals surface area contributed by atoms with Crippen molar-refractivity contribution >= 4 is 12.6 Å². The van der Waals surface area contributed by atoms with Crippen molar-refractivity contribution in [2.75, 3.05) is 13.2 Å². The van der Waals surface area contributed by atoms with E-state index < -0.39 is 18.5 Å². The summed E-state index contributed by atoms with van der Waals surface area (Å²) in [5, 5.41) is 0. The van der Waals surface area contributed by atoms with Crippen LogP contribution < -0.4 is 10.2 Å². The molecule has 0 saturated carbocycles. The molecule has 1 heterocycles. The highest BCUT2D eigenvalue weighted by Crippen LogP contribution is 2.29. The van der Waals surface area contributed by atoms with Gasteiger partial charge >= 0.3 is 7.12 Å². The Bertz CT molecular complexity index is 1110. The summed E-state index contributed by atoms with van der Waals surface area (Å²) in [7, 11) is -0.833. The molecular formula is C28H30BFO5. The van der Waals surface area contributed by atoms with Crippen LogP contribution in [0.15, 0.2) is 91.2 Å². The Labute approximate surface area is 206 Å². The molecule has 1 aliphatic rings. The molecule has 0 N–H and O–H groups in total. The van der Waals surface area contributed by atoms with E-state index in [1.807, 2.05) is 74.5 Å². The fourth-order valence-corrected chi connectivity index (χ4v) is 3.55. The van der Waals surface area contributed by atoms with E-state index in [0.717, 1.165) is 11.1 Å². The van der Waals surface area contributed by atoms with Crippen molar-refractivity contribution < 1.29 is 27.9 Å². The summed E-state index contributed by atoms with van der Waals surface area (Å²) in [5.74, 6) is 0.384. The zero-order chi connectivity index (χ0) is 24.7. The molecule has 3 aromatic rings. The highest BCUT2D eigenvalue weighted by molar-refractivity contribution is 6.62. The number of hydrogen-bond acceptors (Lipinski definition) is 5. The molecule has 1 fully saturated rings. The van der Waals surface area contributed by atoms with Gasteiger partial charge in [-0.25, -0.2) is 4.39 Å². The van der Waals surface area contributed by atoms with E-state index in [2.05, 4.69) is 6.58 Å². The quantitative estimate of drug-likeness (QED) is 0.363. The molecule has 35 heavy (non-hydrogen) atoms. The minimum absolute atomic E-state index is 0.209.